The second kappa shape index (κ2) is 14.6. The summed E-state index contributed by atoms with van der Waals surface area (Å²) in [7, 11) is 2.69. The number of rotatable bonds is 15. The molecule has 0 fully saturated rings. The van der Waals surface area contributed by atoms with Crippen molar-refractivity contribution in [2.45, 2.75) is 44.0 Å². The zero-order valence-corrected chi connectivity index (χ0v) is 22.5. The molecule has 4 atom stereocenters. The zero-order valence-electron chi connectivity index (χ0n) is 21.7. The highest BCUT2D eigenvalue weighted by atomic mass is 32.1. The molecule has 2 unspecified atom stereocenters. The average Bonchev–Trinajstić information content (AvgIpc) is 3.34. The molecule has 0 aliphatic rings. The van der Waals surface area contributed by atoms with Crippen LogP contribution in [0.1, 0.15) is 27.2 Å². The molecule has 0 radical (unpaired) electrons. The number of nitrogens with one attached hydrogen (secondary N) is 3. The summed E-state index contributed by atoms with van der Waals surface area (Å²) in [6, 6.07) is 5.20. The van der Waals surface area contributed by atoms with Crippen LogP contribution in [0.5, 0.6) is 0 Å². The van der Waals surface area contributed by atoms with Crippen molar-refractivity contribution in [3.8, 4) is 0 Å². The Bertz CT molecular complexity index is 1090. The Morgan fingerprint density at radius 2 is 1.53 bits per heavy atom. The molecule has 0 bridgehead atoms. The van der Waals surface area contributed by atoms with E-state index in [1.165, 1.54) is 20.4 Å². The van der Waals surface area contributed by atoms with Gasteiger partial charge in [-0.05, 0) is 25.8 Å². The maximum absolute atomic E-state index is 13.2. The van der Waals surface area contributed by atoms with Gasteiger partial charge in [-0.3, -0.25) is 19.2 Å². The number of amides is 3. The van der Waals surface area contributed by atoms with Crippen LogP contribution >= 0.6 is 11.3 Å². The standard InChI is InChI=1S/C25H34N4O8S/c1-15-26-11-20(38-15)24(34)29-19(13-37-4)23(33)28-18(12-36-3)22(32)27-17(21(31)25(2,35)14-30)10-16-8-6-5-7-9-16/h5-9,11,17-19,30,35H,10,12-14H2,1-4H3,(H,27,32)(H,28,33)(H,29,34)/t17-,18-,19?,25?/m0/s1. The summed E-state index contributed by atoms with van der Waals surface area (Å²) < 4.78 is 10.2. The van der Waals surface area contributed by atoms with Gasteiger partial charge >= 0.3 is 0 Å². The first-order valence-corrected chi connectivity index (χ1v) is 12.6. The molecule has 0 aliphatic carbocycles. The summed E-state index contributed by atoms with van der Waals surface area (Å²) >= 11 is 1.16. The molecule has 5 N–H and O–H groups in total. The largest absolute Gasteiger partial charge is 0.393 e. The number of aromatic nitrogens is 1. The Balaban J connectivity index is 2.18. The number of ketones is 1. The molecule has 3 amide bonds. The van der Waals surface area contributed by atoms with E-state index in [0.29, 0.717) is 15.4 Å². The number of aryl methyl sites for hydroxylation is 1. The van der Waals surface area contributed by atoms with Crippen LogP contribution in [0.3, 0.4) is 0 Å². The van der Waals surface area contributed by atoms with Gasteiger partial charge in [0.15, 0.2) is 5.78 Å². The summed E-state index contributed by atoms with van der Waals surface area (Å²) in [6.45, 7) is 1.62. The molecule has 0 aliphatic heterocycles. The highest BCUT2D eigenvalue weighted by Gasteiger charge is 2.37. The molecule has 1 aromatic heterocycles. The van der Waals surface area contributed by atoms with Crippen molar-refractivity contribution in [1.82, 2.24) is 20.9 Å². The van der Waals surface area contributed by atoms with Crippen LogP contribution in [0.2, 0.25) is 0 Å². The number of carbonyl (C=O) groups excluding carboxylic acids is 4. The van der Waals surface area contributed by atoms with E-state index in [-0.39, 0.29) is 19.6 Å². The Kier molecular flexibility index (Phi) is 11.9. The van der Waals surface area contributed by atoms with Crippen molar-refractivity contribution in [3.05, 3.63) is 52.0 Å². The van der Waals surface area contributed by atoms with Crippen molar-refractivity contribution < 1.29 is 38.9 Å². The van der Waals surface area contributed by atoms with Crippen molar-refractivity contribution in [1.29, 1.82) is 0 Å². The van der Waals surface area contributed by atoms with E-state index in [1.807, 2.05) is 0 Å². The Morgan fingerprint density at radius 3 is 2.03 bits per heavy atom. The van der Waals surface area contributed by atoms with Crippen molar-refractivity contribution in [2.24, 2.45) is 0 Å². The fourth-order valence-corrected chi connectivity index (χ4v) is 4.13. The number of aliphatic hydroxyl groups excluding tert-OH is 1. The van der Waals surface area contributed by atoms with Crippen molar-refractivity contribution >= 4 is 34.8 Å². The molecule has 13 heteroatoms. The molecule has 208 valence electrons. The van der Waals surface area contributed by atoms with Gasteiger partial charge in [0.05, 0.1) is 37.1 Å². The molecule has 1 aromatic carbocycles. The van der Waals surface area contributed by atoms with Gasteiger partial charge in [0, 0.05) is 14.2 Å². The maximum atomic E-state index is 13.2. The number of nitrogens with zero attached hydrogens (tertiary/aromatic N) is 1. The van der Waals surface area contributed by atoms with E-state index < -0.39 is 53.8 Å². The van der Waals surface area contributed by atoms with Gasteiger partial charge in [0.1, 0.15) is 22.6 Å². The minimum absolute atomic E-state index is 0.0336. The number of aliphatic hydroxyl groups is 2. The van der Waals surface area contributed by atoms with Crippen molar-refractivity contribution in [3.63, 3.8) is 0 Å². The molecule has 0 saturated heterocycles. The Hall–Kier alpha value is -3.23. The quantitative estimate of drug-likeness (QED) is 0.193. The molecule has 0 saturated carbocycles. The minimum Gasteiger partial charge on any atom is -0.393 e. The van der Waals surface area contributed by atoms with Crippen LogP contribution in [-0.2, 0) is 30.3 Å². The highest BCUT2D eigenvalue weighted by Crippen LogP contribution is 2.13. The number of thiazole rings is 1. The van der Waals surface area contributed by atoms with E-state index in [0.717, 1.165) is 18.3 Å². The van der Waals surface area contributed by atoms with Gasteiger partial charge < -0.3 is 35.6 Å². The molecule has 2 aromatic rings. The summed E-state index contributed by atoms with van der Waals surface area (Å²) in [5.74, 6) is -2.81. The fraction of sp³-hybridized carbons (Fsp3) is 0.480. The number of hydrogen-bond donors (Lipinski definition) is 5. The third kappa shape index (κ3) is 8.96. The lowest BCUT2D eigenvalue weighted by atomic mass is 9.91. The Labute approximate surface area is 224 Å². The van der Waals surface area contributed by atoms with Crippen molar-refractivity contribution in [2.75, 3.05) is 34.0 Å². The number of benzene rings is 1. The van der Waals surface area contributed by atoms with Gasteiger partial charge in [-0.2, -0.15) is 0 Å². The van der Waals surface area contributed by atoms with Crippen LogP contribution in [0.25, 0.3) is 0 Å². The van der Waals surface area contributed by atoms with Gasteiger partial charge in [0.2, 0.25) is 11.8 Å². The maximum Gasteiger partial charge on any atom is 0.263 e. The van der Waals surface area contributed by atoms with Crippen LogP contribution in [-0.4, -0.2) is 96.5 Å². The van der Waals surface area contributed by atoms with E-state index in [2.05, 4.69) is 20.9 Å². The summed E-state index contributed by atoms with van der Waals surface area (Å²) in [5.41, 5.74) is -1.40. The lowest BCUT2D eigenvalue weighted by molar-refractivity contribution is -0.144. The minimum atomic E-state index is -2.10. The van der Waals surface area contributed by atoms with Gasteiger partial charge in [-0.1, -0.05) is 30.3 Å². The summed E-state index contributed by atoms with van der Waals surface area (Å²) in [4.78, 5) is 56.1. The van der Waals surface area contributed by atoms with Crippen LogP contribution < -0.4 is 16.0 Å². The summed E-state index contributed by atoms with van der Waals surface area (Å²) in [6.07, 6.45) is 1.43. The predicted octanol–water partition coefficient (Wildman–Crippen LogP) is -0.633. The molecule has 38 heavy (non-hydrogen) atoms. The average molecular weight is 551 g/mol. The molecular formula is C25H34N4O8S. The van der Waals surface area contributed by atoms with Gasteiger partial charge in [0.25, 0.3) is 5.91 Å². The fourth-order valence-electron chi connectivity index (χ4n) is 3.45. The number of Topliss-reactive ketones (excluding diaryl/α,β-unsaturated/α-hetero) is 1. The lowest BCUT2D eigenvalue weighted by Gasteiger charge is -2.28. The zero-order chi connectivity index (χ0) is 28.3. The monoisotopic (exact) mass is 550 g/mol. The molecule has 1 heterocycles. The first-order chi connectivity index (χ1) is 18.0. The van der Waals surface area contributed by atoms with Gasteiger partial charge in [-0.25, -0.2) is 4.98 Å². The number of carbonyl (C=O) groups is 4. The Morgan fingerprint density at radius 1 is 0.974 bits per heavy atom. The summed E-state index contributed by atoms with van der Waals surface area (Å²) in [5, 5.41) is 28.1. The van der Waals surface area contributed by atoms with E-state index in [4.69, 9.17) is 9.47 Å². The van der Waals surface area contributed by atoms with E-state index >= 15 is 0 Å². The molecule has 12 nitrogen and oxygen atoms in total. The third-order valence-electron chi connectivity index (χ3n) is 5.52. The SMILES string of the molecule is COCC(NC(=O)c1cnc(C)s1)C(=O)N[C@@H](COC)C(=O)N[C@@H](Cc1ccccc1)C(=O)C(C)(O)CO. The van der Waals surface area contributed by atoms with Crippen LogP contribution in [0.15, 0.2) is 36.5 Å². The van der Waals surface area contributed by atoms with Crippen LogP contribution in [0.4, 0.5) is 0 Å². The predicted molar refractivity (Wildman–Crippen MR) is 139 cm³/mol. The first-order valence-electron chi connectivity index (χ1n) is 11.8. The lowest BCUT2D eigenvalue weighted by Crippen LogP contribution is -2.60. The second-order valence-corrected chi connectivity index (χ2v) is 10.0. The van der Waals surface area contributed by atoms with E-state index in [1.54, 1.807) is 37.3 Å². The molecule has 0 spiro atoms. The van der Waals surface area contributed by atoms with Gasteiger partial charge in [-0.15, -0.1) is 11.3 Å². The smallest absolute Gasteiger partial charge is 0.263 e. The first kappa shape index (κ1) is 31.0. The number of methoxy groups -OCH3 is 2. The third-order valence-corrected chi connectivity index (χ3v) is 6.43. The van der Waals surface area contributed by atoms with E-state index in [9.17, 15) is 29.4 Å². The normalized spacial score (nSPS) is 15.0. The number of hydrogen-bond acceptors (Lipinski definition) is 10. The second-order valence-electron chi connectivity index (χ2n) is 8.79. The van der Waals surface area contributed by atoms with Crippen LogP contribution in [0, 0.1) is 6.92 Å². The topological polar surface area (TPSA) is 176 Å². The highest BCUT2D eigenvalue weighted by molar-refractivity contribution is 7.13. The molecular weight excluding hydrogens is 516 g/mol. The number of ether oxygens (including phenoxy) is 2. The molecule has 2 rings (SSSR count).